The van der Waals surface area contributed by atoms with Crippen LogP contribution in [0.3, 0.4) is 0 Å². The molecule has 0 spiro atoms. The molecule has 0 atom stereocenters. The Morgan fingerprint density at radius 3 is 2.76 bits per heavy atom. The van der Waals surface area contributed by atoms with E-state index >= 15 is 0 Å². The number of benzene rings is 1. The summed E-state index contributed by atoms with van der Waals surface area (Å²) in [6.45, 7) is 3.45. The van der Waals surface area contributed by atoms with Crippen LogP contribution in [0.4, 0.5) is 0 Å². The minimum atomic E-state index is 0.613. The molecule has 4 nitrogen and oxygen atoms in total. The molecule has 1 N–H and O–H groups in total. The number of thiazole rings is 1. The highest BCUT2D eigenvalue weighted by Crippen LogP contribution is 2.36. The highest BCUT2D eigenvalue weighted by molar-refractivity contribution is 7.10. The van der Waals surface area contributed by atoms with E-state index in [1.807, 2.05) is 12.1 Å². The molecule has 5 heteroatoms. The summed E-state index contributed by atoms with van der Waals surface area (Å²) in [5.41, 5.74) is 2.15. The van der Waals surface area contributed by atoms with Crippen molar-refractivity contribution in [3.05, 3.63) is 28.6 Å². The molecular formula is C16H18N2O2S. The average molecular weight is 302 g/mol. The second-order valence-electron chi connectivity index (χ2n) is 5.45. The maximum Gasteiger partial charge on any atom is 0.162 e. The lowest BCUT2D eigenvalue weighted by atomic mass is 9.99. The van der Waals surface area contributed by atoms with Crippen molar-refractivity contribution in [3.63, 3.8) is 0 Å². The molecule has 0 radical (unpaired) electrons. The Balaban J connectivity index is 1.60. The quantitative estimate of drug-likeness (QED) is 0.926. The van der Waals surface area contributed by atoms with Crippen LogP contribution >= 0.6 is 11.3 Å². The van der Waals surface area contributed by atoms with Crippen LogP contribution in [0, 0.1) is 0 Å². The van der Waals surface area contributed by atoms with Gasteiger partial charge in [-0.3, -0.25) is 0 Å². The van der Waals surface area contributed by atoms with Gasteiger partial charge in [-0.25, -0.2) is 4.98 Å². The van der Waals surface area contributed by atoms with Crippen molar-refractivity contribution in [2.75, 3.05) is 26.3 Å². The van der Waals surface area contributed by atoms with Crippen LogP contribution in [-0.4, -0.2) is 31.3 Å². The first-order valence-electron chi connectivity index (χ1n) is 7.46. The first-order chi connectivity index (χ1) is 10.4. The SMILES string of the molecule is c1cc2c(cc1-c1csc(C3CCNCC3)n1)OCCO2. The van der Waals surface area contributed by atoms with Crippen LogP contribution in [-0.2, 0) is 0 Å². The zero-order valence-electron chi connectivity index (χ0n) is 11.8. The molecule has 0 unspecified atom stereocenters. The van der Waals surface area contributed by atoms with Crippen LogP contribution in [0.2, 0.25) is 0 Å². The molecular weight excluding hydrogens is 284 g/mol. The molecule has 1 saturated heterocycles. The van der Waals surface area contributed by atoms with Gasteiger partial charge in [0.2, 0.25) is 0 Å². The summed E-state index contributed by atoms with van der Waals surface area (Å²) in [7, 11) is 0. The van der Waals surface area contributed by atoms with E-state index in [1.165, 1.54) is 17.8 Å². The molecule has 3 heterocycles. The second kappa shape index (κ2) is 5.66. The predicted molar refractivity (Wildman–Crippen MR) is 83.4 cm³/mol. The maximum atomic E-state index is 5.65. The number of nitrogens with one attached hydrogen (secondary N) is 1. The number of hydrogen-bond donors (Lipinski definition) is 1. The lowest BCUT2D eigenvalue weighted by Crippen LogP contribution is -2.26. The number of piperidine rings is 1. The van der Waals surface area contributed by atoms with Crippen LogP contribution in [0.5, 0.6) is 11.5 Å². The first-order valence-corrected chi connectivity index (χ1v) is 8.34. The second-order valence-corrected chi connectivity index (χ2v) is 6.34. The molecule has 0 aliphatic carbocycles. The summed E-state index contributed by atoms with van der Waals surface area (Å²) in [6, 6.07) is 6.08. The Kier molecular flexibility index (Phi) is 3.53. The van der Waals surface area contributed by atoms with Gasteiger partial charge in [0, 0.05) is 16.9 Å². The number of rotatable bonds is 2. The van der Waals surface area contributed by atoms with Gasteiger partial charge in [0.25, 0.3) is 0 Å². The van der Waals surface area contributed by atoms with Gasteiger partial charge in [-0.2, -0.15) is 0 Å². The van der Waals surface area contributed by atoms with Gasteiger partial charge >= 0.3 is 0 Å². The van der Waals surface area contributed by atoms with Crippen molar-refractivity contribution in [2.45, 2.75) is 18.8 Å². The summed E-state index contributed by atoms with van der Waals surface area (Å²) >= 11 is 1.78. The molecule has 110 valence electrons. The topological polar surface area (TPSA) is 43.4 Å². The fraction of sp³-hybridized carbons (Fsp3) is 0.438. The van der Waals surface area contributed by atoms with Gasteiger partial charge in [-0.15, -0.1) is 11.3 Å². The highest BCUT2D eigenvalue weighted by Gasteiger charge is 2.19. The fourth-order valence-corrected chi connectivity index (χ4v) is 3.88. The van der Waals surface area contributed by atoms with Gasteiger partial charge in [0.1, 0.15) is 13.2 Å². The van der Waals surface area contributed by atoms with Gasteiger partial charge in [0.15, 0.2) is 11.5 Å². The zero-order valence-corrected chi connectivity index (χ0v) is 12.6. The molecule has 1 fully saturated rings. The third-order valence-corrected chi connectivity index (χ3v) is 5.06. The van der Waals surface area contributed by atoms with E-state index in [2.05, 4.69) is 16.8 Å². The Morgan fingerprint density at radius 2 is 1.90 bits per heavy atom. The smallest absolute Gasteiger partial charge is 0.162 e. The predicted octanol–water partition coefficient (Wildman–Crippen LogP) is 3.05. The van der Waals surface area contributed by atoms with Crippen molar-refractivity contribution in [3.8, 4) is 22.8 Å². The molecule has 2 aromatic rings. The van der Waals surface area contributed by atoms with Gasteiger partial charge < -0.3 is 14.8 Å². The highest BCUT2D eigenvalue weighted by atomic mass is 32.1. The van der Waals surface area contributed by atoms with Crippen LogP contribution < -0.4 is 14.8 Å². The van der Waals surface area contributed by atoms with Crippen LogP contribution in [0.25, 0.3) is 11.3 Å². The first kappa shape index (κ1) is 13.1. The largest absolute Gasteiger partial charge is 0.486 e. The standard InChI is InChI=1S/C16H18N2O2S/c1-2-14-15(20-8-7-19-14)9-12(1)13-10-21-16(18-13)11-3-5-17-6-4-11/h1-2,9-11,17H,3-8H2. The van der Waals surface area contributed by atoms with Crippen molar-refractivity contribution in [2.24, 2.45) is 0 Å². The summed E-state index contributed by atoms with van der Waals surface area (Å²) in [5, 5.41) is 6.82. The summed E-state index contributed by atoms with van der Waals surface area (Å²) in [4.78, 5) is 4.85. The van der Waals surface area contributed by atoms with E-state index in [0.29, 0.717) is 19.1 Å². The molecule has 21 heavy (non-hydrogen) atoms. The molecule has 2 aliphatic rings. The summed E-state index contributed by atoms with van der Waals surface area (Å²) in [5.74, 6) is 2.27. The van der Waals surface area contributed by atoms with E-state index in [1.54, 1.807) is 11.3 Å². The fourth-order valence-electron chi connectivity index (χ4n) is 2.88. The Hall–Kier alpha value is -1.59. The van der Waals surface area contributed by atoms with E-state index in [4.69, 9.17) is 14.5 Å². The summed E-state index contributed by atoms with van der Waals surface area (Å²) < 4.78 is 11.2. The normalized spacial score (nSPS) is 18.7. The Morgan fingerprint density at radius 1 is 1.10 bits per heavy atom. The summed E-state index contributed by atoms with van der Waals surface area (Å²) in [6.07, 6.45) is 2.38. The number of hydrogen-bond acceptors (Lipinski definition) is 5. The number of aromatic nitrogens is 1. The van der Waals surface area contributed by atoms with Gasteiger partial charge in [-0.1, -0.05) is 0 Å². The van der Waals surface area contributed by atoms with Crippen molar-refractivity contribution < 1.29 is 9.47 Å². The zero-order chi connectivity index (χ0) is 14.1. The maximum absolute atomic E-state index is 5.65. The number of nitrogens with zero attached hydrogens (tertiary/aromatic N) is 1. The molecule has 2 aliphatic heterocycles. The van der Waals surface area contributed by atoms with Gasteiger partial charge in [0.05, 0.1) is 10.7 Å². The van der Waals surface area contributed by atoms with Crippen molar-refractivity contribution in [1.29, 1.82) is 0 Å². The van der Waals surface area contributed by atoms with Gasteiger partial charge in [-0.05, 0) is 44.1 Å². The van der Waals surface area contributed by atoms with Crippen LogP contribution in [0.15, 0.2) is 23.6 Å². The lowest BCUT2D eigenvalue weighted by molar-refractivity contribution is 0.171. The van der Waals surface area contributed by atoms with Crippen molar-refractivity contribution >= 4 is 11.3 Å². The van der Waals surface area contributed by atoms with E-state index in [0.717, 1.165) is 35.8 Å². The molecule has 4 rings (SSSR count). The Labute approximate surface area is 128 Å². The average Bonchev–Trinajstić information content (AvgIpc) is 3.05. The van der Waals surface area contributed by atoms with Crippen LogP contribution in [0.1, 0.15) is 23.8 Å². The third-order valence-electron chi connectivity index (χ3n) is 4.05. The molecule has 0 amide bonds. The lowest BCUT2D eigenvalue weighted by Gasteiger charge is -2.20. The monoisotopic (exact) mass is 302 g/mol. The minimum absolute atomic E-state index is 0.613. The number of fused-ring (bicyclic) bond motifs is 1. The molecule has 0 saturated carbocycles. The molecule has 0 bridgehead atoms. The van der Waals surface area contributed by atoms with Crippen molar-refractivity contribution in [1.82, 2.24) is 10.3 Å². The molecule has 1 aromatic heterocycles. The Bertz CT molecular complexity index is 635. The van der Waals surface area contributed by atoms with E-state index in [-0.39, 0.29) is 0 Å². The number of ether oxygens (including phenoxy) is 2. The third kappa shape index (κ3) is 2.63. The molecule has 1 aromatic carbocycles. The minimum Gasteiger partial charge on any atom is -0.486 e. The van der Waals surface area contributed by atoms with E-state index < -0.39 is 0 Å². The van der Waals surface area contributed by atoms with E-state index in [9.17, 15) is 0 Å².